The summed E-state index contributed by atoms with van der Waals surface area (Å²) in [5.41, 5.74) is 13.5. The van der Waals surface area contributed by atoms with Crippen LogP contribution in [0.25, 0.3) is 82.5 Å². The number of aromatic nitrogens is 3. The number of nitrogens with zero attached hydrogens (tertiary/aromatic N) is 3. The van der Waals surface area contributed by atoms with Crippen LogP contribution in [0.5, 0.6) is 17.2 Å². The van der Waals surface area contributed by atoms with Gasteiger partial charge in [-0.15, -0.1) is 0 Å². The van der Waals surface area contributed by atoms with E-state index in [1.807, 2.05) is 6.07 Å². The molecule has 0 saturated carbocycles. The second-order valence-corrected chi connectivity index (χ2v) is 16.0. The second kappa shape index (κ2) is 13.0. The van der Waals surface area contributed by atoms with Crippen molar-refractivity contribution in [3.8, 4) is 34.3 Å². The fourth-order valence-electron chi connectivity index (χ4n) is 10.3. The van der Waals surface area contributed by atoms with E-state index in [2.05, 4.69) is 208 Å². The number of rotatable bonds is 5. The van der Waals surface area contributed by atoms with Gasteiger partial charge in [0.1, 0.15) is 17.2 Å². The first-order valence-corrected chi connectivity index (χ1v) is 20.8. The molecule has 0 atom stereocenters. The molecule has 5 nitrogen and oxygen atoms in total. The van der Waals surface area contributed by atoms with Crippen molar-refractivity contribution in [3.05, 3.63) is 200 Å². The SMILES string of the molecule is COc1cc(-n2c3ccc(-n4c5ccccc5c5ccccc54)cc3c3cc(-n4c5ccccc5c5ccccc54)ccc32)cc2c1B(c1ccccc1)c1ccccc1O2. The Bertz CT molecular complexity index is 3470. The minimum Gasteiger partial charge on any atom is -0.497 e. The first kappa shape index (κ1) is 34.0. The zero-order valence-electron chi connectivity index (χ0n) is 33.3. The molecule has 6 heteroatoms. The number of para-hydroxylation sites is 5. The van der Waals surface area contributed by atoms with Crippen molar-refractivity contribution in [2.24, 2.45) is 0 Å². The summed E-state index contributed by atoms with van der Waals surface area (Å²) >= 11 is 0. The number of benzene rings is 9. The predicted molar refractivity (Wildman–Crippen MR) is 254 cm³/mol. The van der Waals surface area contributed by atoms with Crippen LogP contribution < -0.4 is 25.9 Å². The molecule has 4 heterocycles. The molecular weight excluding hydrogens is 745 g/mol. The van der Waals surface area contributed by atoms with Crippen LogP contribution in [0.3, 0.4) is 0 Å². The number of hydrogen-bond donors (Lipinski definition) is 0. The lowest BCUT2D eigenvalue weighted by molar-refractivity contribution is 0.413. The monoisotopic (exact) mass is 781 g/mol. The molecule has 9 aromatic carbocycles. The topological polar surface area (TPSA) is 33.2 Å². The fourth-order valence-corrected chi connectivity index (χ4v) is 10.3. The highest BCUT2D eigenvalue weighted by molar-refractivity contribution is 6.97. The van der Waals surface area contributed by atoms with E-state index in [-0.39, 0.29) is 6.71 Å². The lowest BCUT2D eigenvalue weighted by Gasteiger charge is -2.29. The van der Waals surface area contributed by atoms with Crippen molar-refractivity contribution >= 4 is 88.5 Å². The first-order chi connectivity index (χ1) is 30.2. The molecule has 0 aliphatic carbocycles. The summed E-state index contributed by atoms with van der Waals surface area (Å²) in [6.45, 7) is -0.0501. The maximum atomic E-state index is 6.83. The van der Waals surface area contributed by atoms with Gasteiger partial charge in [-0.25, -0.2) is 0 Å². The summed E-state index contributed by atoms with van der Waals surface area (Å²) in [7, 11) is 1.77. The number of ether oxygens (including phenoxy) is 2. The van der Waals surface area contributed by atoms with Crippen molar-refractivity contribution in [1.82, 2.24) is 13.7 Å². The maximum absolute atomic E-state index is 6.83. The van der Waals surface area contributed by atoms with Gasteiger partial charge in [-0.1, -0.05) is 127 Å². The van der Waals surface area contributed by atoms with Gasteiger partial charge < -0.3 is 23.2 Å². The number of methoxy groups -OCH3 is 1. The van der Waals surface area contributed by atoms with E-state index in [0.29, 0.717) is 0 Å². The quantitative estimate of drug-likeness (QED) is 0.163. The van der Waals surface area contributed by atoms with Crippen molar-refractivity contribution in [2.75, 3.05) is 7.11 Å². The van der Waals surface area contributed by atoms with Gasteiger partial charge in [0.2, 0.25) is 0 Å². The van der Waals surface area contributed by atoms with Crippen LogP contribution in [-0.2, 0) is 0 Å². The zero-order valence-corrected chi connectivity index (χ0v) is 33.3. The third-order valence-electron chi connectivity index (χ3n) is 12.8. The molecule has 0 N–H and O–H groups in total. The van der Waals surface area contributed by atoms with Crippen molar-refractivity contribution < 1.29 is 9.47 Å². The largest absolute Gasteiger partial charge is 0.497 e. The first-order valence-electron chi connectivity index (χ1n) is 20.8. The molecule has 0 unspecified atom stereocenters. The Hall–Kier alpha value is -7.96. The van der Waals surface area contributed by atoms with Crippen molar-refractivity contribution in [3.63, 3.8) is 0 Å². The minimum absolute atomic E-state index is 0.0501. The van der Waals surface area contributed by atoms with Gasteiger partial charge in [-0.2, -0.15) is 0 Å². The molecule has 0 spiro atoms. The van der Waals surface area contributed by atoms with E-state index < -0.39 is 0 Å². The van der Waals surface area contributed by atoms with Crippen LogP contribution in [-0.4, -0.2) is 27.5 Å². The van der Waals surface area contributed by atoms with E-state index in [1.54, 1.807) is 7.11 Å². The molecule has 61 heavy (non-hydrogen) atoms. The molecule has 0 amide bonds. The van der Waals surface area contributed by atoms with Crippen LogP contribution in [0.2, 0.25) is 0 Å². The Morgan fingerprint density at radius 3 is 1.34 bits per heavy atom. The lowest BCUT2D eigenvalue weighted by atomic mass is 9.35. The third-order valence-corrected chi connectivity index (χ3v) is 12.8. The second-order valence-electron chi connectivity index (χ2n) is 16.0. The Balaban J connectivity index is 1.09. The van der Waals surface area contributed by atoms with E-state index in [9.17, 15) is 0 Å². The molecule has 3 aromatic heterocycles. The summed E-state index contributed by atoms with van der Waals surface area (Å²) in [4.78, 5) is 0. The number of fused-ring (bicyclic) bond motifs is 11. The minimum atomic E-state index is -0.0501. The Labute approximate surface area is 351 Å². The lowest BCUT2D eigenvalue weighted by Crippen LogP contribution is -2.55. The zero-order chi connectivity index (χ0) is 40.2. The van der Waals surface area contributed by atoms with Gasteiger partial charge in [0.25, 0.3) is 6.71 Å². The van der Waals surface area contributed by atoms with E-state index >= 15 is 0 Å². The highest BCUT2D eigenvalue weighted by Crippen LogP contribution is 2.41. The van der Waals surface area contributed by atoms with Gasteiger partial charge in [0.05, 0.1) is 45.9 Å². The highest BCUT2D eigenvalue weighted by Gasteiger charge is 2.36. The van der Waals surface area contributed by atoms with Crippen molar-refractivity contribution in [1.29, 1.82) is 0 Å². The van der Waals surface area contributed by atoms with E-state index in [1.165, 1.54) is 49.1 Å². The fraction of sp³-hybridized carbons (Fsp3) is 0.0182. The van der Waals surface area contributed by atoms with E-state index in [4.69, 9.17) is 9.47 Å². The Morgan fingerprint density at radius 2 is 0.820 bits per heavy atom. The van der Waals surface area contributed by atoms with Crippen LogP contribution in [0.15, 0.2) is 200 Å². The summed E-state index contributed by atoms with van der Waals surface area (Å²) < 4.78 is 20.4. The molecule has 0 radical (unpaired) electrons. The molecule has 286 valence electrons. The van der Waals surface area contributed by atoms with Crippen molar-refractivity contribution in [2.45, 2.75) is 0 Å². The third kappa shape index (κ3) is 4.90. The highest BCUT2D eigenvalue weighted by atomic mass is 16.5. The standard InChI is InChI=1S/C55H36BN3O2/c1-60-53-33-38(34-54-55(53)56(35-15-3-2-4-16-35)45-21-9-14-26-52(45)61-54)59-50-29-27-36(57-46-22-10-5-17-39(46)40-18-6-11-23-47(40)57)31-43(50)44-32-37(28-30-51(44)59)58-48-24-12-7-19-41(48)42-20-8-13-25-49(42)58/h2-34H,1H3. The summed E-state index contributed by atoms with van der Waals surface area (Å²) in [5, 5.41) is 7.28. The molecule has 13 rings (SSSR count). The van der Waals surface area contributed by atoms with E-state index in [0.717, 1.165) is 67.0 Å². The molecule has 12 aromatic rings. The van der Waals surface area contributed by atoms with Crippen LogP contribution in [0, 0.1) is 0 Å². The molecule has 0 bridgehead atoms. The maximum Gasteiger partial charge on any atom is 0.255 e. The normalized spacial score (nSPS) is 12.4. The molecule has 1 aliphatic heterocycles. The predicted octanol–water partition coefficient (Wildman–Crippen LogP) is 11.6. The molecule has 1 aliphatic rings. The van der Waals surface area contributed by atoms with Crippen LogP contribution in [0.4, 0.5) is 0 Å². The summed E-state index contributed by atoms with van der Waals surface area (Å²) in [6.07, 6.45) is 0. The van der Waals surface area contributed by atoms with Crippen LogP contribution >= 0.6 is 0 Å². The molecule has 0 saturated heterocycles. The van der Waals surface area contributed by atoms with Gasteiger partial charge in [0, 0.05) is 61.3 Å². The molecule has 0 fully saturated rings. The van der Waals surface area contributed by atoms with Gasteiger partial charge in [0.15, 0.2) is 0 Å². The summed E-state index contributed by atoms with van der Waals surface area (Å²) in [6, 6.07) is 72.1. The van der Waals surface area contributed by atoms with Gasteiger partial charge in [-0.05, 0) is 72.2 Å². The smallest absolute Gasteiger partial charge is 0.255 e. The molecular formula is C55H36BN3O2. The number of hydrogen-bond acceptors (Lipinski definition) is 2. The van der Waals surface area contributed by atoms with Crippen LogP contribution in [0.1, 0.15) is 0 Å². The van der Waals surface area contributed by atoms with Gasteiger partial charge in [-0.3, -0.25) is 0 Å². The average Bonchev–Trinajstić information content (AvgIpc) is 3.96. The Morgan fingerprint density at radius 1 is 0.377 bits per heavy atom. The Kier molecular flexibility index (Phi) is 7.25. The van der Waals surface area contributed by atoms with Gasteiger partial charge >= 0.3 is 0 Å². The summed E-state index contributed by atoms with van der Waals surface area (Å²) in [5.74, 6) is 2.44. The average molecular weight is 782 g/mol.